The van der Waals surface area contributed by atoms with Crippen molar-refractivity contribution in [3.05, 3.63) is 22.2 Å². The van der Waals surface area contributed by atoms with Gasteiger partial charge in [-0.05, 0) is 67.0 Å². The first-order chi connectivity index (χ1) is 43.4. The smallest absolute Gasteiger partial charge is 0.342 e. The molecular formula is C59H85ClO32. The maximum absolute atomic E-state index is 13.4. The molecule has 11 rings (SSSR count). The number of aliphatic hydroxyl groups excluding tert-OH is 5. The molecule has 0 aliphatic carbocycles. The van der Waals surface area contributed by atoms with Crippen LogP contribution in [0, 0.1) is 12.8 Å². The van der Waals surface area contributed by atoms with Crippen LogP contribution in [0.1, 0.15) is 97.5 Å². The van der Waals surface area contributed by atoms with E-state index in [9.17, 15) is 55.2 Å². The van der Waals surface area contributed by atoms with E-state index in [2.05, 4.69) is 0 Å². The average molecular weight is 1340 g/mol. The number of esters is 2. The van der Waals surface area contributed by atoms with Gasteiger partial charge in [0.1, 0.15) is 102 Å². The Labute approximate surface area is 533 Å². The first-order valence-electron chi connectivity index (χ1n) is 30.8. The highest BCUT2D eigenvalue weighted by atomic mass is 35.5. The van der Waals surface area contributed by atoms with Crippen LogP contribution in [0.2, 0.25) is 5.02 Å². The zero-order valence-electron chi connectivity index (χ0n) is 52.7. The number of rotatable bonds is 16. The average Bonchev–Trinajstić information content (AvgIpc) is 1.53. The molecule has 0 aromatic heterocycles. The highest BCUT2D eigenvalue weighted by molar-refractivity contribution is 6.34. The standard InChI is InChI=1S/C59H85ClO32/c1-20(2)51(69)84-47-44-32(89-59(90-44)50-49(75-19-76-50)58(71,26(8)62)27(9)88-59)18-74-54(47)86-55-46(73-12)38(67)43(31(17-61)80-55)85-53-39(68)45(42(72-11)23(5)79-53)82-34-16-56(10)48(25(7)78-34)91-57(92-56)15-30(65)41(24(6)87-57)81-33-14-29(64)40(22(4)77-33)83-52(70)35-21(3)13-28(63)36(60)37(35)66/h13,20,22-25,27,29-34,38-50,53-55,61,63-68,71H,14-19H2,1-12H3/t22-,23-,24-,25-,27-,29-,30-,31-,32+,33+,34+,38+,39-,40-,41-,42+,43-,44-,45-,46+,47-,48-,49-,50-,53+,54-,55+,56-,57?,58+,59-/m1/s1. The fraction of sp³-hybridized carbons (Fsp3) is 0.847. The van der Waals surface area contributed by atoms with Crippen LogP contribution in [-0.4, -0.2) is 282 Å². The number of benzene rings is 1. The third-order valence-corrected chi connectivity index (χ3v) is 19.3. The molecule has 2 spiro atoms. The number of aliphatic hydroxyl groups is 6. The number of aromatic hydroxyl groups is 2. The van der Waals surface area contributed by atoms with E-state index < -0.39 is 236 Å². The molecule has 8 N–H and O–H groups in total. The maximum atomic E-state index is 13.4. The number of aryl methyl sites for hydroxylation is 1. The molecule has 10 aliphatic rings. The van der Waals surface area contributed by atoms with Gasteiger partial charge in [-0.3, -0.25) is 9.59 Å². The summed E-state index contributed by atoms with van der Waals surface area (Å²) in [6, 6.07) is 1.19. The van der Waals surface area contributed by atoms with E-state index in [1.807, 2.05) is 0 Å². The topological polar surface area (TPSA) is 407 Å². The molecule has 31 atom stereocenters. The number of carbonyl (C=O) groups excluding carboxylic acids is 3. The Morgan fingerprint density at radius 1 is 0.685 bits per heavy atom. The van der Waals surface area contributed by atoms with E-state index >= 15 is 0 Å². The molecule has 10 heterocycles. The summed E-state index contributed by atoms with van der Waals surface area (Å²) < 4.78 is 130. The van der Waals surface area contributed by atoms with Crippen molar-refractivity contribution in [2.45, 2.75) is 277 Å². The molecule has 1 aromatic carbocycles. The number of hydrogen-bond acceptors (Lipinski definition) is 32. The Morgan fingerprint density at radius 3 is 2.03 bits per heavy atom. The Morgan fingerprint density at radius 2 is 1.37 bits per heavy atom. The van der Waals surface area contributed by atoms with Gasteiger partial charge in [-0.15, -0.1) is 0 Å². The van der Waals surface area contributed by atoms with Gasteiger partial charge in [0.05, 0.1) is 68.3 Å². The van der Waals surface area contributed by atoms with Crippen molar-refractivity contribution in [3.63, 3.8) is 0 Å². The molecule has 10 fully saturated rings. The van der Waals surface area contributed by atoms with E-state index in [1.165, 1.54) is 41.1 Å². The summed E-state index contributed by atoms with van der Waals surface area (Å²) in [5.74, 6) is -8.03. The van der Waals surface area contributed by atoms with Crippen molar-refractivity contribution in [2.24, 2.45) is 5.92 Å². The van der Waals surface area contributed by atoms with Crippen molar-refractivity contribution in [1.29, 1.82) is 0 Å². The number of Topliss-reactive ketones (excluding diaryl/α,β-unsaturated/α-hetero) is 1. The number of phenols is 2. The highest BCUT2D eigenvalue weighted by Gasteiger charge is 2.73. The zero-order valence-corrected chi connectivity index (χ0v) is 53.5. The minimum absolute atomic E-state index is 0.0144. The molecule has 1 aromatic rings. The van der Waals surface area contributed by atoms with E-state index in [0.29, 0.717) is 0 Å². The minimum atomic E-state index is -2.14. The van der Waals surface area contributed by atoms with E-state index in [1.54, 1.807) is 48.5 Å². The summed E-state index contributed by atoms with van der Waals surface area (Å²) >= 11 is 5.97. The lowest BCUT2D eigenvalue weighted by Crippen LogP contribution is -2.72. The Hall–Kier alpha value is -3.28. The number of ketones is 1. The number of methoxy groups -OCH3 is 2. The first-order valence-corrected chi connectivity index (χ1v) is 31.2. The largest absolute Gasteiger partial charge is 0.506 e. The van der Waals surface area contributed by atoms with Crippen molar-refractivity contribution in [2.75, 3.05) is 34.2 Å². The van der Waals surface area contributed by atoms with Crippen LogP contribution in [-0.2, 0) is 109 Å². The summed E-state index contributed by atoms with van der Waals surface area (Å²) in [6.45, 7) is 14.2. The Bertz CT molecular complexity index is 2800. The molecule has 1 unspecified atom stereocenters. The van der Waals surface area contributed by atoms with Gasteiger partial charge in [0.15, 0.2) is 60.6 Å². The maximum Gasteiger partial charge on any atom is 0.342 e. The summed E-state index contributed by atoms with van der Waals surface area (Å²) in [7, 11) is 2.65. The fourth-order valence-corrected chi connectivity index (χ4v) is 14.4. The van der Waals surface area contributed by atoms with Crippen molar-refractivity contribution < 1.29 is 155 Å². The quantitative estimate of drug-likeness (QED) is 0.0962. The molecule has 92 heavy (non-hydrogen) atoms. The molecule has 0 radical (unpaired) electrons. The second-order valence-corrected chi connectivity index (χ2v) is 26.1. The van der Waals surface area contributed by atoms with Gasteiger partial charge in [0.25, 0.3) is 5.97 Å². The van der Waals surface area contributed by atoms with Crippen LogP contribution in [0.15, 0.2) is 6.07 Å². The van der Waals surface area contributed by atoms with Crippen LogP contribution < -0.4 is 0 Å². The third-order valence-electron chi connectivity index (χ3n) is 18.9. The van der Waals surface area contributed by atoms with Gasteiger partial charge in [-0.1, -0.05) is 25.4 Å². The SMILES string of the molecule is CO[C@@H]1[C@H](O[C@H]2OC[C@@H]3O[C@]4(O[C@H]3[C@H]2OC(=O)C(C)C)O[C@H](C)[C@@](O)(C(C)=O)[C@@H]2OCO[C@H]24)O[C@H](CO)[C@@H](O[C@@H]2O[C@H](C)[C@H](OC)[C@H](O[C@H]3C[C@@]4(C)OC5(C[C@@H](O)[C@H](O[C@H]6C[C@@H](O)[C@H](OC(=O)c7c(C)cc(O)c(Cl)c7O)[C@@H](C)O6)[C@@H](C)O5)O[C@@H]4[C@@H](C)O3)[C@H]2O)[C@@H]1O. The van der Waals surface area contributed by atoms with Crippen LogP contribution in [0.25, 0.3) is 0 Å². The molecule has 0 amide bonds. The molecule has 33 heteroatoms. The first kappa shape index (κ1) is 70.1. The number of ether oxygens (including phenoxy) is 21. The third kappa shape index (κ3) is 12.6. The second kappa shape index (κ2) is 26.9. The van der Waals surface area contributed by atoms with Crippen LogP contribution in [0.3, 0.4) is 0 Å². The summed E-state index contributed by atoms with van der Waals surface area (Å²) in [5.41, 5.74) is -3.46. The lowest BCUT2D eigenvalue weighted by Gasteiger charge is -2.49. The molecular weight excluding hydrogens is 1260 g/mol. The van der Waals surface area contributed by atoms with Crippen molar-refractivity contribution in [3.8, 4) is 11.5 Å². The molecule has 10 aliphatic heterocycles. The molecule has 10 saturated heterocycles. The van der Waals surface area contributed by atoms with E-state index in [-0.39, 0.29) is 43.8 Å². The van der Waals surface area contributed by atoms with Gasteiger partial charge in [-0.25, -0.2) is 4.79 Å². The number of fused-ring (bicyclic) bond motifs is 4. The van der Waals surface area contributed by atoms with Gasteiger partial charge >= 0.3 is 17.9 Å². The lowest BCUT2D eigenvalue weighted by molar-refractivity contribution is -0.428. The predicted molar refractivity (Wildman–Crippen MR) is 298 cm³/mol. The number of phenolic OH excluding ortho intramolecular Hbond substituents is 2. The highest BCUT2D eigenvalue weighted by Crippen LogP contribution is 2.53. The lowest BCUT2D eigenvalue weighted by atomic mass is 9.81. The zero-order chi connectivity index (χ0) is 66.6. The summed E-state index contributed by atoms with van der Waals surface area (Å²) in [5, 5.41) is 89.6. The number of hydrogen-bond donors (Lipinski definition) is 8. The summed E-state index contributed by atoms with van der Waals surface area (Å²) in [6.07, 6.45) is -33.9. The second-order valence-electron chi connectivity index (χ2n) is 25.7. The number of halogens is 1. The van der Waals surface area contributed by atoms with Crippen LogP contribution >= 0.6 is 11.6 Å². The van der Waals surface area contributed by atoms with Gasteiger partial charge in [0, 0.05) is 27.1 Å². The predicted octanol–water partition coefficient (Wildman–Crippen LogP) is -0.558. The molecule has 32 nitrogen and oxygen atoms in total. The molecule has 0 bridgehead atoms. The Kier molecular flexibility index (Phi) is 20.5. The Balaban J connectivity index is 0.717. The van der Waals surface area contributed by atoms with Crippen LogP contribution in [0.4, 0.5) is 0 Å². The molecule has 520 valence electrons. The minimum Gasteiger partial charge on any atom is -0.506 e. The van der Waals surface area contributed by atoms with Crippen molar-refractivity contribution in [1.82, 2.24) is 0 Å². The van der Waals surface area contributed by atoms with Gasteiger partial charge in [0.2, 0.25) is 6.29 Å². The van der Waals surface area contributed by atoms with Crippen molar-refractivity contribution >= 4 is 29.3 Å². The molecule has 0 saturated carbocycles. The normalized spacial score (nSPS) is 48.5. The van der Waals surface area contributed by atoms with E-state index in [4.69, 9.17) is 111 Å². The fourth-order valence-electron chi connectivity index (χ4n) is 14.2. The van der Waals surface area contributed by atoms with Gasteiger partial charge < -0.3 is 140 Å². The van der Waals surface area contributed by atoms with E-state index in [0.717, 1.165) is 0 Å². The van der Waals surface area contributed by atoms with Crippen LogP contribution in [0.5, 0.6) is 11.5 Å². The van der Waals surface area contributed by atoms with Gasteiger partial charge in [-0.2, -0.15) is 0 Å². The summed E-state index contributed by atoms with van der Waals surface area (Å²) in [4.78, 5) is 39.4. The number of carbonyl (C=O) groups is 3. The monoisotopic (exact) mass is 1340 g/mol.